The fourth-order valence-electron chi connectivity index (χ4n) is 3.23. The zero-order valence-electron chi connectivity index (χ0n) is 14.9. The van der Waals surface area contributed by atoms with E-state index in [1.165, 1.54) is 4.31 Å². The quantitative estimate of drug-likeness (QED) is 0.743. The Morgan fingerprint density at radius 3 is 2.52 bits per heavy atom. The molecule has 2 aromatic heterocycles. The van der Waals surface area contributed by atoms with Crippen LogP contribution in [0.3, 0.4) is 0 Å². The van der Waals surface area contributed by atoms with Gasteiger partial charge in [-0.05, 0) is 25.8 Å². The first-order valence-electron chi connectivity index (χ1n) is 8.50. The Hall–Kier alpha value is -1.78. The monoisotopic (exact) mass is 367 g/mol. The molecule has 25 heavy (non-hydrogen) atoms. The summed E-state index contributed by atoms with van der Waals surface area (Å²) in [7, 11) is -0.206. The molecule has 0 atom stereocenters. The molecule has 0 aliphatic carbocycles. The highest BCUT2D eigenvalue weighted by Gasteiger charge is 2.32. The van der Waals surface area contributed by atoms with E-state index in [2.05, 4.69) is 26.8 Å². The molecule has 0 radical (unpaired) electrons. The van der Waals surface area contributed by atoms with Crippen LogP contribution < -0.4 is 0 Å². The minimum atomic E-state index is -3.34. The first kappa shape index (κ1) is 18.0. The van der Waals surface area contributed by atoms with Crippen LogP contribution in [0, 0.1) is 0 Å². The average Bonchev–Trinajstić information content (AvgIpc) is 3.24. The maximum absolute atomic E-state index is 12.2. The first-order valence-corrected chi connectivity index (χ1v) is 9.90. The molecule has 1 aliphatic rings. The highest BCUT2D eigenvalue weighted by molar-refractivity contribution is 7.86. The summed E-state index contributed by atoms with van der Waals surface area (Å²) >= 11 is 0. The van der Waals surface area contributed by atoms with Crippen molar-refractivity contribution in [3.05, 3.63) is 30.1 Å². The maximum atomic E-state index is 12.2. The molecule has 3 rings (SSSR count). The van der Waals surface area contributed by atoms with Gasteiger partial charge in [0.15, 0.2) is 5.82 Å². The largest absolute Gasteiger partial charge is 0.313 e. The molecule has 3 heterocycles. The van der Waals surface area contributed by atoms with Crippen molar-refractivity contribution < 1.29 is 8.42 Å². The van der Waals surface area contributed by atoms with E-state index in [1.807, 2.05) is 16.9 Å². The van der Waals surface area contributed by atoms with Gasteiger partial charge in [-0.25, -0.2) is 0 Å². The predicted molar refractivity (Wildman–Crippen MR) is 93.2 cm³/mol. The van der Waals surface area contributed by atoms with E-state index in [9.17, 15) is 8.42 Å². The number of piperidine rings is 1. The van der Waals surface area contributed by atoms with Crippen molar-refractivity contribution >= 4 is 10.2 Å². The number of hydrogen-bond acceptors (Lipinski definition) is 5. The summed E-state index contributed by atoms with van der Waals surface area (Å²) < 4.78 is 31.2. The summed E-state index contributed by atoms with van der Waals surface area (Å²) in [6.45, 7) is 4.47. The summed E-state index contributed by atoms with van der Waals surface area (Å²) in [6.07, 6.45) is 5.16. The Morgan fingerprint density at radius 1 is 1.24 bits per heavy atom. The van der Waals surface area contributed by atoms with Crippen LogP contribution in [0.25, 0.3) is 0 Å². The minimum absolute atomic E-state index is 0.229. The number of hydrogen-bond donors (Lipinski definition) is 0. The van der Waals surface area contributed by atoms with Gasteiger partial charge in [0.2, 0.25) is 0 Å². The molecule has 10 heteroatoms. The lowest BCUT2D eigenvalue weighted by atomic mass is 9.97. The summed E-state index contributed by atoms with van der Waals surface area (Å²) in [5.41, 5.74) is 0. The molecule has 2 aromatic rings. The third-order valence-electron chi connectivity index (χ3n) is 4.64. The van der Waals surface area contributed by atoms with Gasteiger partial charge >= 0.3 is 0 Å². The molecular formula is C15H25N7O2S. The molecule has 9 nitrogen and oxygen atoms in total. The lowest BCUT2D eigenvalue weighted by Gasteiger charge is -2.32. The van der Waals surface area contributed by atoms with E-state index in [4.69, 9.17) is 0 Å². The van der Waals surface area contributed by atoms with Gasteiger partial charge in [-0.1, -0.05) is 0 Å². The molecule has 0 saturated carbocycles. The van der Waals surface area contributed by atoms with Crippen LogP contribution in [0.4, 0.5) is 0 Å². The molecule has 0 spiro atoms. The first-order chi connectivity index (χ1) is 11.9. The highest BCUT2D eigenvalue weighted by atomic mass is 32.2. The average molecular weight is 367 g/mol. The van der Waals surface area contributed by atoms with Gasteiger partial charge in [0, 0.05) is 52.0 Å². The lowest BCUT2D eigenvalue weighted by Crippen LogP contribution is -2.44. The third-order valence-corrected chi connectivity index (χ3v) is 6.58. The number of rotatable bonds is 6. The van der Waals surface area contributed by atoms with E-state index in [1.54, 1.807) is 24.6 Å². The van der Waals surface area contributed by atoms with E-state index >= 15 is 0 Å². The Balaban J connectivity index is 1.72. The van der Waals surface area contributed by atoms with E-state index in [-0.39, 0.29) is 5.92 Å². The van der Waals surface area contributed by atoms with Crippen molar-refractivity contribution in [2.24, 2.45) is 0 Å². The van der Waals surface area contributed by atoms with E-state index in [0.29, 0.717) is 19.6 Å². The van der Waals surface area contributed by atoms with Crippen LogP contribution in [-0.4, -0.2) is 68.8 Å². The standard InChI is InChI=1S/C15H25N7O2S/c1-4-22-14(12-20-9-5-8-16-20)17-18-15(22)13-6-10-21(11-7-13)25(23,24)19(2)3/h5,8-9,13H,4,6-7,10-12H2,1-3H3. The predicted octanol–water partition coefficient (Wildman–Crippen LogP) is 0.529. The maximum Gasteiger partial charge on any atom is 0.281 e. The van der Waals surface area contributed by atoms with Gasteiger partial charge in [0.05, 0.1) is 0 Å². The van der Waals surface area contributed by atoms with Gasteiger partial charge in [-0.15, -0.1) is 10.2 Å². The second-order valence-electron chi connectivity index (χ2n) is 6.39. The van der Waals surface area contributed by atoms with Gasteiger partial charge in [0.25, 0.3) is 10.2 Å². The molecule has 0 aromatic carbocycles. The van der Waals surface area contributed by atoms with Crippen molar-refractivity contribution in [2.45, 2.75) is 38.8 Å². The summed E-state index contributed by atoms with van der Waals surface area (Å²) in [4.78, 5) is 0. The van der Waals surface area contributed by atoms with Crippen molar-refractivity contribution in [3.63, 3.8) is 0 Å². The molecule has 138 valence electrons. The molecule has 0 unspecified atom stereocenters. The Labute approximate surface area is 148 Å². The molecule has 1 saturated heterocycles. The van der Waals surface area contributed by atoms with Crippen molar-refractivity contribution in [1.29, 1.82) is 0 Å². The van der Waals surface area contributed by atoms with Crippen LogP contribution in [0.5, 0.6) is 0 Å². The van der Waals surface area contributed by atoms with Gasteiger partial charge in [-0.2, -0.15) is 22.1 Å². The van der Waals surface area contributed by atoms with Crippen molar-refractivity contribution in [1.82, 2.24) is 33.2 Å². The van der Waals surface area contributed by atoms with Gasteiger partial charge < -0.3 is 4.57 Å². The number of aromatic nitrogens is 5. The van der Waals surface area contributed by atoms with Crippen LogP contribution >= 0.6 is 0 Å². The van der Waals surface area contributed by atoms with Crippen LogP contribution in [-0.2, 0) is 23.3 Å². The van der Waals surface area contributed by atoms with Gasteiger partial charge in [-0.3, -0.25) is 4.68 Å². The summed E-state index contributed by atoms with van der Waals surface area (Å²) in [5, 5.41) is 13.0. The van der Waals surface area contributed by atoms with E-state index in [0.717, 1.165) is 31.0 Å². The van der Waals surface area contributed by atoms with E-state index < -0.39 is 10.2 Å². The van der Waals surface area contributed by atoms with Crippen molar-refractivity contribution in [3.8, 4) is 0 Å². The highest BCUT2D eigenvalue weighted by Crippen LogP contribution is 2.29. The Bertz CT molecular complexity index is 790. The fraction of sp³-hybridized carbons (Fsp3) is 0.667. The molecule has 1 fully saturated rings. The molecule has 0 N–H and O–H groups in total. The molecular weight excluding hydrogens is 342 g/mol. The summed E-state index contributed by atoms with van der Waals surface area (Å²) in [5.74, 6) is 2.06. The third kappa shape index (κ3) is 3.60. The Morgan fingerprint density at radius 2 is 1.96 bits per heavy atom. The Kier molecular flexibility index (Phi) is 5.21. The minimum Gasteiger partial charge on any atom is -0.313 e. The lowest BCUT2D eigenvalue weighted by molar-refractivity contribution is 0.294. The summed E-state index contributed by atoms with van der Waals surface area (Å²) in [6, 6.07) is 1.88. The van der Waals surface area contributed by atoms with Crippen LogP contribution in [0.2, 0.25) is 0 Å². The van der Waals surface area contributed by atoms with Crippen molar-refractivity contribution in [2.75, 3.05) is 27.2 Å². The second kappa shape index (κ2) is 7.22. The van der Waals surface area contributed by atoms with Crippen LogP contribution in [0.15, 0.2) is 18.5 Å². The number of nitrogens with zero attached hydrogens (tertiary/aromatic N) is 7. The second-order valence-corrected chi connectivity index (χ2v) is 8.53. The zero-order chi connectivity index (χ0) is 18.0. The molecule has 1 aliphatic heterocycles. The SMILES string of the molecule is CCn1c(Cn2cccn2)nnc1C1CCN(S(=O)(=O)N(C)C)CC1. The smallest absolute Gasteiger partial charge is 0.281 e. The van der Waals surface area contributed by atoms with Gasteiger partial charge in [0.1, 0.15) is 12.4 Å². The zero-order valence-corrected chi connectivity index (χ0v) is 15.7. The topological polar surface area (TPSA) is 89.1 Å². The molecule has 0 bridgehead atoms. The fourth-order valence-corrected chi connectivity index (χ4v) is 4.36. The van der Waals surface area contributed by atoms with Crippen LogP contribution in [0.1, 0.15) is 37.3 Å². The normalized spacial score (nSPS) is 17.4. The molecule has 0 amide bonds.